The molecule has 0 aliphatic rings. The highest BCUT2D eigenvalue weighted by Crippen LogP contribution is 2.25. The fourth-order valence-electron chi connectivity index (χ4n) is 2.25. The van der Waals surface area contributed by atoms with Gasteiger partial charge in [-0.05, 0) is 17.2 Å². The fraction of sp³-hybridized carbons (Fsp3) is 0.133. The molecule has 2 heterocycles. The minimum absolute atomic E-state index is 0.0939. The molecule has 1 unspecified atom stereocenters. The first-order valence-electron chi connectivity index (χ1n) is 6.43. The predicted octanol–water partition coefficient (Wildman–Crippen LogP) is 1.96. The summed E-state index contributed by atoms with van der Waals surface area (Å²) in [5.41, 5.74) is 10.2. The molecule has 5 heteroatoms. The van der Waals surface area contributed by atoms with Gasteiger partial charge in [0.05, 0.1) is 11.9 Å². The second-order valence-electron chi connectivity index (χ2n) is 4.53. The third-order valence-electron chi connectivity index (χ3n) is 3.34. The van der Waals surface area contributed by atoms with E-state index in [1.807, 2.05) is 12.3 Å². The van der Waals surface area contributed by atoms with Crippen molar-refractivity contribution in [3.8, 4) is 11.1 Å². The monoisotopic (exact) mass is 265 g/mol. The lowest BCUT2D eigenvalue weighted by Gasteiger charge is -2.14. The SMILES string of the molecule is NCC(c1ccc(-c2cn[nH]c2)cc1)c1ccncn1. The lowest BCUT2D eigenvalue weighted by molar-refractivity contribution is 0.781. The molecule has 0 saturated carbocycles. The number of H-pyrrole nitrogens is 1. The minimum atomic E-state index is 0.0939. The van der Waals surface area contributed by atoms with Gasteiger partial charge in [-0.1, -0.05) is 24.3 Å². The molecule has 20 heavy (non-hydrogen) atoms. The van der Waals surface area contributed by atoms with E-state index in [0.29, 0.717) is 6.54 Å². The molecule has 0 amide bonds. The molecule has 3 rings (SSSR count). The molecule has 3 aromatic rings. The summed E-state index contributed by atoms with van der Waals surface area (Å²) >= 11 is 0. The highest BCUT2D eigenvalue weighted by Gasteiger charge is 2.13. The molecule has 0 spiro atoms. The Morgan fingerprint density at radius 2 is 1.95 bits per heavy atom. The predicted molar refractivity (Wildman–Crippen MR) is 77.0 cm³/mol. The van der Waals surface area contributed by atoms with Crippen LogP contribution in [0, 0.1) is 0 Å². The van der Waals surface area contributed by atoms with Gasteiger partial charge in [0.15, 0.2) is 0 Å². The summed E-state index contributed by atoms with van der Waals surface area (Å²) in [7, 11) is 0. The number of hydrogen-bond acceptors (Lipinski definition) is 4. The average Bonchev–Trinajstić information content (AvgIpc) is 3.04. The molecule has 1 atom stereocenters. The van der Waals surface area contributed by atoms with Gasteiger partial charge in [-0.15, -0.1) is 0 Å². The van der Waals surface area contributed by atoms with Gasteiger partial charge in [0, 0.05) is 30.4 Å². The van der Waals surface area contributed by atoms with Crippen LogP contribution in [0.1, 0.15) is 17.2 Å². The normalized spacial score (nSPS) is 12.2. The number of nitrogens with zero attached hydrogens (tertiary/aromatic N) is 3. The van der Waals surface area contributed by atoms with E-state index in [2.05, 4.69) is 44.4 Å². The Morgan fingerprint density at radius 3 is 2.55 bits per heavy atom. The van der Waals surface area contributed by atoms with Crippen molar-refractivity contribution in [2.75, 3.05) is 6.54 Å². The molecule has 3 N–H and O–H groups in total. The quantitative estimate of drug-likeness (QED) is 0.755. The molecule has 1 aromatic carbocycles. The fourth-order valence-corrected chi connectivity index (χ4v) is 2.25. The standard InChI is InChI=1S/C15H15N5/c16-7-14(15-5-6-17-10-18-15)12-3-1-11(2-4-12)13-8-19-20-9-13/h1-6,8-10,14H,7,16H2,(H,19,20). The van der Waals surface area contributed by atoms with Gasteiger partial charge in [-0.2, -0.15) is 5.10 Å². The van der Waals surface area contributed by atoms with Crippen LogP contribution in [0.25, 0.3) is 11.1 Å². The van der Waals surface area contributed by atoms with Gasteiger partial charge in [-0.25, -0.2) is 9.97 Å². The summed E-state index contributed by atoms with van der Waals surface area (Å²) in [4.78, 5) is 8.23. The van der Waals surface area contributed by atoms with E-state index in [-0.39, 0.29) is 5.92 Å². The number of benzene rings is 1. The first kappa shape index (κ1) is 12.5. The smallest absolute Gasteiger partial charge is 0.115 e. The average molecular weight is 265 g/mol. The maximum absolute atomic E-state index is 5.89. The number of nitrogens with two attached hydrogens (primary N) is 1. The van der Waals surface area contributed by atoms with Crippen LogP contribution in [0.15, 0.2) is 55.2 Å². The van der Waals surface area contributed by atoms with Crippen molar-refractivity contribution in [3.05, 3.63) is 66.5 Å². The van der Waals surface area contributed by atoms with Crippen LogP contribution in [0.4, 0.5) is 0 Å². The van der Waals surface area contributed by atoms with E-state index in [9.17, 15) is 0 Å². The lowest BCUT2D eigenvalue weighted by Crippen LogP contribution is -2.15. The Hall–Kier alpha value is -2.53. The number of aromatic amines is 1. The van der Waals surface area contributed by atoms with Crippen molar-refractivity contribution >= 4 is 0 Å². The Morgan fingerprint density at radius 1 is 1.10 bits per heavy atom. The van der Waals surface area contributed by atoms with Crippen LogP contribution in [-0.4, -0.2) is 26.7 Å². The molecule has 0 aliphatic carbocycles. The van der Waals surface area contributed by atoms with Crippen molar-refractivity contribution in [3.63, 3.8) is 0 Å². The van der Waals surface area contributed by atoms with E-state index in [0.717, 1.165) is 22.4 Å². The lowest BCUT2D eigenvalue weighted by atomic mass is 9.94. The van der Waals surface area contributed by atoms with Crippen LogP contribution in [-0.2, 0) is 0 Å². The summed E-state index contributed by atoms with van der Waals surface area (Å²) in [5, 5.41) is 6.77. The summed E-state index contributed by atoms with van der Waals surface area (Å²) < 4.78 is 0. The van der Waals surface area contributed by atoms with Gasteiger partial charge < -0.3 is 5.73 Å². The molecular weight excluding hydrogens is 250 g/mol. The Bertz CT molecular complexity index is 647. The zero-order valence-corrected chi connectivity index (χ0v) is 10.9. The van der Waals surface area contributed by atoms with Gasteiger partial charge in [0.25, 0.3) is 0 Å². The Kier molecular flexibility index (Phi) is 3.52. The van der Waals surface area contributed by atoms with E-state index >= 15 is 0 Å². The summed E-state index contributed by atoms with van der Waals surface area (Å²) in [6.45, 7) is 0.516. The maximum Gasteiger partial charge on any atom is 0.115 e. The van der Waals surface area contributed by atoms with Crippen LogP contribution >= 0.6 is 0 Å². The summed E-state index contributed by atoms with van der Waals surface area (Å²) in [5.74, 6) is 0.0939. The van der Waals surface area contributed by atoms with Crippen molar-refractivity contribution in [2.24, 2.45) is 5.73 Å². The van der Waals surface area contributed by atoms with Crippen LogP contribution in [0.5, 0.6) is 0 Å². The molecule has 0 saturated heterocycles. The van der Waals surface area contributed by atoms with Crippen molar-refractivity contribution in [1.29, 1.82) is 0 Å². The minimum Gasteiger partial charge on any atom is -0.329 e. The van der Waals surface area contributed by atoms with Gasteiger partial charge in [0.1, 0.15) is 6.33 Å². The molecule has 0 radical (unpaired) electrons. The van der Waals surface area contributed by atoms with E-state index in [1.165, 1.54) is 0 Å². The van der Waals surface area contributed by atoms with Crippen LogP contribution in [0.2, 0.25) is 0 Å². The third-order valence-corrected chi connectivity index (χ3v) is 3.34. The molecule has 5 nitrogen and oxygen atoms in total. The zero-order valence-electron chi connectivity index (χ0n) is 10.9. The first-order chi connectivity index (χ1) is 9.88. The van der Waals surface area contributed by atoms with Crippen molar-refractivity contribution < 1.29 is 0 Å². The van der Waals surface area contributed by atoms with Crippen LogP contribution < -0.4 is 5.73 Å². The third kappa shape index (κ3) is 2.44. The highest BCUT2D eigenvalue weighted by molar-refractivity contribution is 5.62. The molecule has 0 fully saturated rings. The molecule has 0 aliphatic heterocycles. The van der Waals surface area contributed by atoms with Crippen molar-refractivity contribution in [1.82, 2.24) is 20.2 Å². The van der Waals surface area contributed by atoms with Gasteiger partial charge in [-0.3, -0.25) is 5.10 Å². The molecular formula is C15H15N5. The largest absolute Gasteiger partial charge is 0.329 e. The highest BCUT2D eigenvalue weighted by atomic mass is 15.1. The molecule has 100 valence electrons. The van der Waals surface area contributed by atoms with Gasteiger partial charge >= 0.3 is 0 Å². The zero-order chi connectivity index (χ0) is 13.8. The number of nitrogens with one attached hydrogen (secondary N) is 1. The topological polar surface area (TPSA) is 80.5 Å². The van der Waals surface area contributed by atoms with Gasteiger partial charge in [0.2, 0.25) is 0 Å². The Balaban J connectivity index is 1.90. The number of hydrogen-bond donors (Lipinski definition) is 2. The first-order valence-corrected chi connectivity index (χ1v) is 6.43. The van der Waals surface area contributed by atoms with Crippen molar-refractivity contribution in [2.45, 2.75) is 5.92 Å². The number of aromatic nitrogens is 4. The Labute approximate surface area is 116 Å². The molecule has 2 aromatic heterocycles. The molecule has 0 bridgehead atoms. The second kappa shape index (κ2) is 5.63. The van der Waals surface area contributed by atoms with E-state index in [4.69, 9.17) is 5.73 Å². The van der Waals surface area contributed by atoms with E-state index < -0.39 is 0 Å². The summed E-state index contributed by atoms with van der Waals surface area (Å²) in [6.07, 6.45) is 6.97. The summed E-state index contributed by atoms with van der Waals surface area (Å²) in [6, 6.07) is 10.2. The van der Waals surface area contributed by atoms with Crippen LogP contribution in [0.3, 0.4) is 0 Å². The number of rotatable bonds is 4. The second-order valence-corrected chi connectivity index (χ2v) is 4.53. The maximum atomic E-state index is 5.89. The van der Waals surface area contributed by atoms with E-state index in [1.54, 1.807) is 18.7 Å².